The molecule has 20 heavy (non-hydrogen) atoms. The van der Waals surface area contributed by atoms with Crippen molar-refractivity contribution >= 4 is 0 Å². The zero-order chi connectivity index (χ0) is 14.2. The van der Waals surface area contributed by atoms with Crippen molar-refractivity contribution in [3.8, 4) is 0 Å². The van der Waals surface area contributed by atoms with Crippen LogP contribution in [0.5, 0.6) is 0 Å². The maximum Gasteiger partial charge on any atom is 0.0750 e. The van der Waals surface area contributed by atoms with E-state index in [0.717, 1.165) is 38.5 Å². The minimum Gasteiger partial charge on any atom is -0.389 e. The lowest BCUT2D eigenvalue weighted by atomic mass is 9.71. The third kappa shape index (κ3) is 2.10. The van der Waals surface area contributed by atoms with Crippen LogP contribution in [0.25, 0.3) is 0 Å². The summed E-state index contributed by atoms with van der Waals surface area (Å²) in [6.45, 7) is 2.81. The van der Waals surface area contributed by atoms with Crippen molar-refractivity contribution in [3.05, 3.63) is 35.4 Å². The molecule has 1 aromatic rings. The fraction of sp³-hybridized carbons (Fsp3) is 0.667. The summed E-state index contributed by atoms with van der Waals surface area (Å²) in [5.41, 5.74) is 8.38. The normalized spacial score (nSPS) is 33.5. The van der Waals surface area contributed by atoms with E-state index in [1.807, 2.05) is 0 Å². The van der Waals surface area contributed by atoms with E-state index in [1.165, 1.54) is 11.1 Å². The molecule has 110 valence electrons. The van der Waals surface area contributed by atoms with E-state index >= 15 is 0 Å². The Balaban J connectivity index is 1.95. The van der Waals surface area contributed by atoms with E-state index in [2.05, 4.69) is 31.2 Å². The Bertz CT molecular complexity index is 437. The smallest absolute Gasteiger partial charge is 0.0750 e. The van der Waals surface area contributed by atoms with Crippen molar-refractivity contribution in [1.82, 2.24) is 0 Å². The Morgan fingerprint density at radius 2 is 1.75 bits per heavy atom. The number of fused-ring (bicyclic) bond motifs is 3. The molecule has 2 heteroatoms. The molecule has 0 aliphatic heterocycles. The minimum absolute atomic E-state index is 0.263. The Hall–Kier alpha value is -0.860. The highest BCUT2D eigenvalue weighted by Crippen LogP contribution is 2.51. The molecule has 2 bridgehead atoms. The predicted octanol–water partition coefficient (Wildman–Crippen LogP) is 2.92. The molecular formula is C18H27NO. The molecule has 0 radical (unpaired) electrons. The summed E-state index contributed by atoms with van der Waals surface area (Å²) in [5.74, 6) is 1.06. The van der Waals surface area contributed by atoms with Crippen molar-refractivity contribution in [2.75, 3.05) is 6.54 Å². The second-order valence-electron chi connectivity index (χ2n) is 6.76. The molecular weight excluding hydrogens is 246 g/mol. The van der Waals surface area contributed by atoms with Gasteiger partial charge in [0.1, 0.15) is 0 Å². The minimum atomic E-state index is -0.538. The van der Waals surface area contributed by atoms with E-state index in [0.29, 0.717) is 18.4 Å². The van der Waals surface area contributed by atoms with Crippen LogP contribution >= 0.6 is 0 Å². The summed E-state index contributed by atoms with van der Waals surface area (Å²) in [5, 5.41) is 11.5. The molecule has 0 saturated heterocycles. The third-order valence-corrected chi connectivity index (χ3v) is 5.80. The van der Waals surface area contributed by atoms with Gasteiger partial charge in [-0.25, -0.2) is 0 Å². The fourth-order valence-electron chi connectivity index (χ4n) is 4.77. The first-order valence-corrected chi connectivity index (χ1v) is 8.19. The van der Waals surface area contributed by atoms with Gasteiger partial charge in [-0.05, 0) is 61.6 Å². The molecule has 2 aliphatic carbocycles. The van der Waals surface area contributed by atoms with Gasteiger partial charge in [-0.3, -0.25) is 0 Å². The van der Waals surface area contributed by atoms with Gasteiger partial charge in [0.05, 0.1) is 5.60 Å². The first-order chi connectivity index (χ1) is 9.70. The number of nitrogens with two attached hydrogens (primary N) is 1. The lowest BCUT2D eigenvalue weighted by Gasteiger charge is -2.41. The highest BCUT2D eigenvalue weighted by molar-refractivity contribution is 5.32. The third-order valence-electron chi connectivity index (χ3n) is 5.80. The molecule has 2 nitrogen and oxygen atoms in total. The summed E-state index contributed by atoms with van der Waals surface area (Å²) in [6.07, 6.45) is 6.55. The second kappa shape index (κ2) is 5.50. The molecule has 0 spiro atoms. The second-order valence-corrected chi connectivity index (χ2v) is 6.76. The standard InChI is InChI=1S/C18H27NO/c1-2-5-17(12-19)18(20)15-8-9-16(18)11-14-7-4-3-6-13(14)10-15/h3-4,6-7,15-17,20H,2,5,8-12,19H2,1H3. The van der Waals surface area contributed by atoms with Gasteiger partial charge < -0.3 is 10.8 Å². The van der Waals surface area contributed by atoms with Crippen molar-refractivity contribution in [2.45, 2.75) is 51.0 Å². The van der Waals surface area contributed by atoms with Crippen LogP contribution in [0.1, 0.15) is 43.7 Å². The lowest BCUT2D eigenvalue weighted by Crippen LogP contribution is -2.50. The molecule has 2 aliphatic rings. The summed E-state index contributed by atoms with van der Waals surface area (Å²) >= 11 is 0. The van der Waals surface area contributed by atoms with Crippen LogP contribution < -0.4 is 5.73 Å². The van der Waals surface area contributed by atoms with Crippen molar-refractivity contribution in [2.24, 2.45) is 23.5 Å². The predicted molar refractivity (Wildman–Crippen MR) is 82.5 cm³/mol. The largest absolute Gasteiger partial charge is 0.389 e. The fourth-order valence-corrected chi connectivity index (χ4v) is 4.77. The van der Waals surface area contributed by atoms with E-state index in [4.69, 9.17) is 5.73 Å². The van der Waals surface area contributed by atoms with Gasteiger partial charge in [0.2, 0.25) is 0 Å². The Morgan fingerprint density at radius 1 is 1.20 bits per heavy atom. The quantitative estimate of drug-likeness (QED) is 0.886. The van der Waals surface area contributed by atoms with Crippen LogP contribution in [0, 0.1) is 17.8 Å². The van der Waals surface area contributed by atoms with Gasteiger partial charge in [0.15, 0.2) is 0 Å². The van der Waals surface area contributed by atoms with Gasteiger partial charge in [-0.2, -0.15) is 0 Å². The van der Waals surface area contributed by atoms with Crippen LogP contribution in [-0.4, -0.2) is 17.3 Å². The highest BCUT2D eigenvalue weighted by atomic mass is 16.3. The van der Waals surface area contributed by atoms with Crippen LogP contribution in [-0.2, 0) is 12.8 Å². The van der Waals surface area contributed by atoms with E-state index in [-0.39, 0.29) is 5.92 Å². The highest BCUT2D eigenvalue weighted by Gasteiger charge is 2.53. The number of rotatable bonds is 4. The molecule has 0 amide bonds. The Labute approximate surface area is 122 Å². The number of hydrogen-bond donors (Lipinski definition) is 2. The van der Waals surface area contributed by atoms with Gasteiger partial charge >= 0.3 is 0 Å². The van der Waals surface area contributed by atoms with E-state index < -0.39 is 5.60 Å². The zero-order valence-corrected chi connectivity index (χ0v) is 12.5. The SMILES string of the molecule is CCCC(CN)C1(O)C2CCC1Cc1ccccc1C2. The summed E-state index contributed by atoms with van der Waals surface area (Å²) in [7, 11) is 0. The summed E-state index contributed by atoms with van der Waals surface area (Å²) in [4.78, 5) is 0. The first-order valence-electron chi connectivity index (χ1n) is 8.19. The van der Waals surface area contributed by atoms with Gasteiger partial charge in [-0.1, -0.05) is 37.6 Å². The maximum absolute atomic E-state index is 11.5. The molecule has 3 atom stereocenters. The maximum atomic E-state index is 11.5. The number of benzene rings is 1. The monoisotopic (exact) mass is 273 g/mol. The molecule has 1 saturated carbocycles. The van der Waals surface area contributed by atoms with Crippen LogP contribution in [0.2, 0.25) is 0 Å². The lowest BCUT2D eigenvalue weighted by molar-refractivity contribution is -0.0839. The first kappa shape index (κ1) is 14.1. The average molecular weight is 273 g/mol. The van der Waals surface area contributed by atoms with Crippen molar-refractivity contribution < 1.29 is 5.11 Å². The van der Waals surface area contributed by atoms with Gasteiger partial charge in [0.25, 0.3) is 0 Å². The molecule has 1 fully saturated rings. The van der Waals surface area contributed by atoms with Gasteiger partial charge in [0, 0.05) is 5.92 Å². The molecule has 3 N–H and O–H groups in total. The molecule has 1 aromatic carbocycles. The molecule has 0 aromatic heterocycles. The zero-order valence-electron chi connectivity index (χ0n) is 12.5. The van der Waals surface area contributed by atoms with Crippen molar-refractivity contribution in [3.63, 3.8) is 0 Å². The molecule has 3 unspecified atom stereocenters. The van der Waals surface area contributed by atoms with E-state index in [9.17, 15) is 5.11 Å². The molecule has 3 rings (SSSR count). The van der Waals surface area contributed by atoms with Crippen LogP contribution in [0.3, 0.4) is 0 Å². The Morgan fingerprint density at radius 3 is 2.20 bits per heavy atom. The van der Waals surface area contributed by atoms with Crippen molar-refractivity contribution in [1.29, 1.82) is 0 Å². The summed E-state index contributed by atoms with van der Waals surface area (Å²) < 4.78 is 0. The van der Waals surface area contributed by atoms with Crippen LogP contribution in [0.15, 0.2) is 24.3 Å². The van der Waals surface area contributed by atoms with Crippen LogP contribution in [0.4, 0.5) is 0 Å². The number of aliphatic hydroxyl groups is 1. The molecule has 0 heterocycles. The average Bonchev–Trinajstić information content (AvgIpc) is 2.67. The van der Waals surface area contributed by atoms with Gasteiger partial charge in [-0.15, -0.1) is 0 Å². The summed E-state index contributed by atoms with van der Waals surface area (Å²) in [6, 6.07) is 8.74. The topological polar surface area (TPSA) is 46.2 Å². The number of hydrogen-bond acceptors (Lipinski definition) is 2. The van der Waals surface area contributed by atoms with E-state index in [1.54, 1.807) is 0 Å². The Kier molecular flexibility index (Phi) is 3.87.